The molecule has 2 aliphatic heterocycles. The summed E-state index contributed by atoms with van der Waals surface area (Å²) in [4.78, 5) is 25.1. The molecular weight excluding hydrogens is 312 g/mol. The second kappa shape index (κ2) is 10.4. The first-order valence-corrected chi connectivity index (χ1v) is 8.81. The molecule has 24 heavy (non-hydrogen) atoms. The van der Waals surface area contributed by atoms with Gasteiger partial charge in [-0.05, 0) is 39.0 Å². The number of amides is 2. The van der Waals surface area contributed by atoms with Gasteiger partial charge in [-0.3, -0.25) is 0 Å². The molecule has 2 unspecified atom stereocenters. The van der Waals surface area contributed by atoms with E-state index in [1.165, 1.54) is 4.90 Å². The SMILES string of the molecule is CCC1CC(N)CCN1C(=O)O.CCOC(=O)N1CCC(N)CC1. The van der Waals surface area contributed by atoms with Gasteiger partial charge in [0.2, 0.25) is 0 Å². The number of ether oxygens (including phenoxy) is 1. The molecule has 5 N–H and O–H groups in total. The summed E-state index contributed by atoms with van der Waals surface area (Å²) in [6.45, 7) is 6.32. The van der Waals surface area contributed by atoms with Gasteiger partial charge in [0, 0.05) is 37.8 Å². The van der Waals surface area contributed by atoms with Crippen molar-refractivity contribution < 1.29 is 19.4 Å². The van der Waals surface area contributed by atoms with Gasteiger partial charge in [-0.2, -0.15) is 0 Å². The van der Waals surface area contributed by atoms with E-state index < -0.39 is 6.09 Å². The molecule has 0 aromatic rings. The van der Waals surface area contributed by atoms with Crippen molar-refractivity contribution in [2.75, 3.05) is 26.2 Å². The van der Waals surface area contributed by atoms with Crippen LogP contribution in [0, 0.1) is 0 Å². The number of nitrogens with two attached hydrogens (primary N) is 2. The molecule has 0 bridgehead atoms. The van der Waals surface area contributed by atoms with Crippen LogP contribution in [0.5, 0.6) is 0 Å². The van der Waals surface area contributed by atoms with Crippen molar-refractivity contribution in [3.05, 3.63) is 0 Å². The molecule has 0 spiro atoms. The number of rotatable bonds is 2. The summed E-state index contributed by atoms with van der Waals surface area (Å²) in [6.07, 6.45) is 3.22. The van der Waals surface area contributed by atoms with E-state index in [0.29, 0.717) is 13.2 Å². The molecule has 2 amide bonds. The van der Waals surface area contributed by atoms with Gasteiger partial charge < -0.3 is 31.1 Å². The third-order valence-electron chi connectivity index (χ3n) is 4.54. The summed E-state index contributed by atoms with van der Waals surface area (Å²) in [5.41, 5.74) is 11.4. The first kappa shape index (κ1) is 20.5. The Morgan fingerprint density at radius 2 is 1.67 bits per heavy atom. The number of nitrogens with zero attached hydrogens (tertiary/aromatic N) is 2. The van der Waals surface area contributed by atoms with E-state index in [2.05, 4.69) is 0 Å². The van der Waals surface area contributed by atoms with E-state index >= 15 is 0 Å². The topological polar surface area (TPSA) is 122 Å². The zero-order chi connectivity index (χ0) is 18.1. The summed E-state index contributed by atoms with van der Waals surface area (Å²) >= 11 is 0. The van der Waals surface area contributed by atoms with Crippen molar-refractivity contribution in [2.45, 2.75) is 64.1 Å². The number of hydrogen-bond acceptors (Lipinski definition) is 5. The number of hydrogen-bond donors (Lipinski definition) is 3. The van der Waals surface area contributed by atoms with Gasteiger partial charge >= 0.3 is 12.2 Å². The Balaban J connectivity index is 0.000000240. The summed E-state index contributed by atoms with van der Waals surface area (Å²) in [5, 5.41) is 8.81. The first-order chi connectivity index (χ1) is 11.4. The second-order valence-electron chi connectivity index (χ2n) is 6.35. The molecule has 8 nitrogen and oxygen atoms in total. The molecular formula is C16H32N4O4. The maximum Gasteiger partial charge on any atom is 0.409 e. The van der Waals surface area contributed by atoms with Gasteiger partial charge in [-0.15, -0.1) is 0 Å². The van der Waals surface area contributed by atoms with Crippen molar-refractivity contribution in [3.8, 4) is 0 Å². The summed E-state index contributed by atoms with van der Waals surface area (Å²) in [5.74, 6) is 0. The fraction of sp³-hybridized carbons (Fsp3) is 0.875. The molecule has 2 rings (SSSR count). The van der Waals surface area contributed by atoms with Gasteiger partial charge in [0.1, 0.15) is 0 Å². The van der Waals surface area contributed by atoms with Crippen LogP contribution in [-0.4, -0.2) is 71.5 Å². The normalized spacial score (nSPS) is 24.8. The molecule has 140 valence electrons. The lowest BCUT2D eigenvalue weighted by Crippen LogP contribution is -2.48. The zero-order valence-corrected chi connectivity index (χ0v) is 14.8. The highest BCUT2D eigenvalue weighted by atomic mass is 16.6. The van der Waals surface area contributed by atoms with Gasteiger partial charge in [0.25, 0.3) is 0 Å². The molecule has 2 aliphatic rings. The fourth-order valence-corrected chi connectivity index (χ4v) is 3.02. The standard InChI is InChI=1S/2C8H16N2O2/c1-2-12-8(11)10-5-3-7(9)4-6-10;1-2-7-5-6(9)3-4-10(7)8(11)12/h7H,2-6,9H2,1H3;6-7H,2-5,9H2,1H3,(H,11,12). The third kappa shape index (κ3) is 6.52. The van der Waals surface area contributed by atoms with Crippen LogP contribution in [0.3, 0.4) is 0 Å². The van der Waals surface area contributed by atoms with E-state index in [9.17, 15) is 9.59 Å². The Labute approximate surface area is 144 Å². The lowest BCUT2D eigenvalue weighted by molar-refractivity contribution is 0.0971. The molecule has 8 heteroatoms. The van der Waals surface area contributed by atoms with Gasteiger partial charge in [0.15, 0.2) is 0 Å². The van der Waals surface area contributed by atoms with Crippen LogP contribution in [0.1, 0.15) is 46.0 Å². The Morgan fingerprint density at radius 3 is 2.17 bits per heavy atom. The summed E-state index contributed by atoms with van der Waals surface area (Å²) < 4.78 is 4.86. The van der Waals surface area contributed by atoms with Crippen molar-refractivity contribution in [3.63, 3.8) is 0 Å². The van der Waals surface area contributed by atoms with Gasteiger partial charge in [0.05, 0.1) is 6.61 Å². The first-order valence-electron chi connectivity index (χ1n) is 8.81. The second-order valence-corrected chi connectivity index (χ2v) is 6.35. The van der Waals surface area contributed by atoms with Crippen molar-refractivity contribution in [1.82, 2.24) is 9.80 Å². The van der Waals surface area contributed by atoms with E-state index in [0.717, 1.165) is 45.2 Å². The fourth-order valence-electron chi connectivity index (χ4n) is 3.02. The third-order valence-corrected chi connectivity index (χ3v) is 4.54. The monoisotopic (exact) mass is 344 g/mol. The van der Waals surface area contributed by atoms with E-state index in [1.54, 1.807) is 4.90 Å². The van der Waals surface area contributed by atoms with E-state index in [1.807, 2.05) is 13.8 Å². The highest BCUT2D eigenvalue weighted by Crippen LogP contribution is 2.18. The van der Waals surface area contributed by atoms with Crippen molar-refractivity contribution in [1.29, 1.82) is 0 Å². The van der Waals surface area contributed by atoms with Crippen LogP contribution in [0.4, 0.5) is 9.59 Å². The lowest BCUT2D eigenvalue weighted by atomic mass is 9.97. The maximum atomic E-state index is 11.2. The van der Waals surface area contributed by atoms with Gasteiger partial charge in [-0.1, -0.05) is 6.92 Å². The summed E-state index contributed by atoms with van der Waals surface area (Å²) in [7, 11) is 0. The Hall–Kier alpha value is -1.54. The molecule has 2 heterocycles. The molecule has 2 saturated heterocycles. The number of likely N-dealkylation sites (tertiary alicyclic amines) is 2. The van der Waals surface area contributed by atoms with Crippen LogP contribution in [0.15, 0.2) is 0 Å². The van der Waals surface area contributed by atoms with Crippen LogP contribution in [0.2, 0.25) is 0 Å². The predicted octanol–water partition coefficient (Wildman–Crippen LogP) is 1.43. The molecule has 2 fully saturated rings. The highest BCUT2D eigenvalue weighted by Gasteiger charge is 2.28. The number of carboxylic acid groups (broad SMARTS) is 1. The number of carbonyl (C=O) groups excluding carboxylic acids is 1. The van der Waals surface area contributed by atoms with E-state index in [-0.39, 0.29) is 24.2 Å². The Morgan fingerprint density at radius 1 is 1.08 bits per heavy atom. The van der Waals surface area contributed by atoms with E-state index in [4.69, 9.17) is 21.3 Å². The molecule has 0 saturated carbocycles. The Kier molecular flexibility index (Phi) is 8.84. The summed E-state index contributed by atoms with van der Waals surface area (Å²) in [6, 6.07) is 0.576. The van der Waals surface area contributed by atoms with Crippen LogP contribution >= 0.6 is 0 Å². The number of piperidine rings is 2. The maximum absolute atomic E-state index is 11.2. The minimum atomic E-state index is -0.811. The van der Waals surface area contributed by atoms with Crippen LogP contribution in [-0.2, 0) is 4.74 Å². The van der Waals surface area contributed by atoms with Crippen LogP contribution in [0.25, 0.3) is 0 Å². The van der Waals surface area contributed by atoms with Crippen LogP contribution < -0.4 is 11.5 Å². The molecule has 0 aromatic carbocycles. The molecule has 0 aromatic heterocycles. The quantitative estimate of drug-likeness (QED) is 0.696. The average molecular weight is 344 g/mol. The lowest BCUT2D eigenvalue weighted by Gasteiger charge is -2.35. The van der Waals surface area contributed by atoms with Crippen molar-refractivity contribution >= 4 is 12.2 Å². The predicted molar refractivity (Wildman–Crippen MR) is 91.8 cm³/mol. The minimum Gasteiger partial charge on any atom is -0.465 e. The molecule has 2 atom stereocenters. The molecule has 0 aliphatic carbocycles. The average Bonchev–Trinajstić information content (AvgIpc) is 2.55. The Bertz CT molecular complexity index is 400. The smallest absolute Gasteiger partial charge is 0.409 e. The van der Waals surface area contributed by atoms with Gasteiger partial charge in [-0.25, -0.2) is 9.59 Å². The highest BCUT2D eigenvalue weighted by molar-refractivity contribution is 5.67. The zero-order valence-electron chi connectivity index (χ0n) is 14.8. The molecule has 0 radical (unpaired) electrons. The van der Waals surface area contributed by atoms with Crippen molar-refractivity contribution in [2.24, 2.45) is 11.5 Å². The largest absolute Gasteiger partial charge is 0.465 e. The number of carbonyl (C=O) groups is 2. The minimum absolute atomic E-state index is 0.131.